The van der Waals surface area contributed by atoms with Gasteiger partial charge in [0.1, 0.15) is 13.2 Å². The summed E-state index contributed by atoms with van der Waals surface area (Å²) in [5.74, 6) is 1.73. The molecular weight excluding hydrogens is 310 g/mol. The monoisotopic (exact) mass is 329 g/mol. The van der Waals surface area contributed by atoms with Gasteiger partial charge in [0.15, 0.2) is 11.5 Å². The number of ether oxygens (including phenoxy) is 2. The molecular formula is C18H19NO3S. The first-order valence-electron chi connectivity index (χ1n) is 7.94. The predicted octanol–water partition coefficient (Wildman–Crippen LogP) is 2.91. The maximum atomic E-state index is 12.1. The number of benzene rings is 1. The van der Waals surface area contributed by atoms with E-state index < -0.39 is 0 Å². The Hall–Kier alpha value is -2.01. The van der Waals surface area contributed by atoms with Crippen molar-refractivity contribution in [3.63, 3.8) is 0 Å². The minimum Gasteiger partial charge on any atom is -0.486 e. The summed E-state index contributed by atoms with van der Waals surface area (Å²) in [7, 11) is 0. The molecule has 1 aromatic heterocycles. The van der Waals surface area contributed by atoms with Crippen LogP contribution in [0.5, 0.6) is 11.5 Å². The lowest BCUT2D eigenvalue weighted by Crippen LogP contribution is -2.33. The van der Waals surface area contributed by atoms with Gasteiger partial charge in [0.2, 0.25) is 5.91 Å². The smallest absolute Gasteiger partial charge is 0.225 e. The summed E-state index contributed by atoms with van der Waals surface area (Å²) in [6.07, 6.45) is 2.67. The fourth-order valence-electron chi connectivity index (χ4n) is 2.99. The maximum Gasteiger partial charge on any atom is 0.225 e. The normalized spacial score (nSPS) is 17.6. The molecule has 0 unspecified atom stereocenters. The number of amides is 1. The first-order chi connectivity index (χ1) is 11.3. The van der Waals surface area contributed by atoms with Crippen molar-refractivity contribution in [1.82, 2.24) is 5.32 Å². The Balaban J connectivity index is 1.41. The molecule has 0 bridgehead atoms. The molecule has 5 heteroatoms. The first-order valence-corrected chi connectivity index (χ1v) is 8.82. The van der Waals surface area contributed by atoms with Crippen LogP contribution >= 0.6 is 11.3 Å². The number of hydrogen-bond acceptors (Lipinski definition) is 4. The van der Waals surface area contributed by atoms with E-state index in [2.05, 4.69) is 17.4 Å². The van der Waals surface area contributed by atoms with Crippen molar-refractivity contribution in [2.45, 2.75) is 24.7 Å². The lowest BCUT2D eigenvalue weighted by atomic mass is 9.95. The Morgan fingerprint density at radius 1 is 1.17 bits per heavy atom. The zero-order valence-corrected chi connectivity index (χ0v) is 13.7. The van der Waals surface area contributed by atoms with Crippen molar-refractivity contribution in [3.05, 3.63) is 46.2 Å². The van der Waals surface area contributed by atoms with E-state index in [1.165, 1.54) is 5.56 Å². The third kappa shape index (κ3) is 3.06. The van der Waals surface area contributed by atoms with Gasteiger partial charge in [-0.25, -0.2) is 0 Å². The summed E-state index contributed by atoms with van der Waals surface area (Å²) in [6, 6.07) is 10.1. The molecule has 1 aliphatic carbocycles. The Morgan fingerprint density at radius 3 is 2.74 bits per heavy atom. The van der Waals surface area contributed by atoms with Crippen molar-refractivity contribution >= 4 is 17.2 Å². The van der Waals surface area contributed by atoms with Gasteiger partial charge in [-0.1, -0.05) is 12.1 Å². The van der Waals surface area contributed by atoms with Crippen LogP contribution in [0.25, 0.3) is 0 Å². The lowest BCUT2D eigenvalue weighted by molar-refractivity contribution is -0.120. The topological polar surface area (TPSA) is 47.6 Å². The van der Waals surface area contributed by atoms with Crippen molar-refractivity contribution in [1.29, 1.82) is 0 Å². The average Bonchev–Trinajstić information content (AvgIpc) is 3.21. The molecule has 1 aliphatic heterocycles. The van der Waals surface area contributed by atoms with Gasteiger partial charge < -0.3 is 14.8 Å². The molecule has 1 fully saturated rings. The maximum absolute atomic E-state index is 12.1. The molecule has 4 rings (SSSR count). The van der Waals surface area contributed by atoms with Crippen LogP contribution in [-0.4, -0.2) is 25.7 Å². The van der Waals surface area contributed by atoms with Crippen LogP contribution in [0.15, 0.2) is 35.7 Å². The summed E-state index contributed by atoms with van der Waals surface area (Å²) in [6.45, 7) is 1.90. The second-order valence-corrected chi connectivity index (χ2v) is 7.20. The van der Waals surface area contributed by atoms with Crippen molar-refractivity contribution in [3.8, 4) is 11.5 Å². The number of carbonyl (C=O) groups excluding carboxylic acids is 1. The predicted molar refractivity (Wildman–Crippen MR) is 89.4 cm³/mol. The van der Waals surface area contributed by atoms with Gasteiger partial charge in [-0.05, 0) is 42.0 Å². The first kappa shape index (κ1) is 14.6. The van der Waals surface area contributed by atoms with Gasteiger partial charge in [0, 0.05) is 16.8 Å². The molecule has 0 spiro atoms. The molecule has 2 aliphatic rings. The fraction of sp³-hybridized carbons (Fsp3) is 0.389. The van der Waals surface area contributed by atoms with E-state index in [0.29, 0.717) is 26.2 Å². The van der Waals surface area contributed by atoms with Crippen LogP contribution in [-0.2, 0) is 16.6 Å². The van der Waals surface area contributed by atoms with Crippen LogP contribution in [0, 0.1) is 0 Å². The van der Waals surface area contributed by atoms with Crippen LogP contribution in [0.4, 0.5) is 0 Å². The van der Waals surface area contributed by atoms with E-state index in [4.69, 9.17) is 9.47 Å². The highest BCUT2D eigenvalue weighted by molar-refractivity contribution is 7.10. The Kier molecular flexibility index (Phi) is 3.73. The van der Waals surface area contributed by atoms with Gasteiger partial charge in [-0.15, -0.1) is 11.3 Å². The van der Waals surface area contributed by atoms with Gasteiger partial charge in [0.25, 0.3) is 0 Å². The Morgan fingerprint density at radius 2 is 2.00 bits per heavy atom. The molecule has 2 aromatic rings. The SMILES string of the molecule is O=C(Cc1cccs1)NCC1(c2ccc3c(c2)OCCO3)CC1. The quantitative estimate of drug-likeness (QED) is 0.917. The van der Waals surface area contributed by atoms with Crippen molar-refractivity contribution in [2.75, 3.05) is 19.8 Å². The molecule has 1 saturated carbocycles. The molecule has 23 heavy (non-hydrogen) atoms. The Bertz CT molecular complexity index is 707. The van der Waals surface area contributed by atoms with Crippen LogP contribution in [0.3, 0.4) is 0 Å². The van der Waals surface area contributed by atoms with E-state index in [0.717, 1.165) is 29.2 Å². The molecule has 0 saturated heterocycles. The Labute approximate surface area is 139 Å². The highest BCUT2D eigenvalue weighted by Crippen LogP contribution is 2.49. The van der Waals surface area contributed by atoms with E-state index in [-0.39, 0.29) is 11.3 Å². The van der Waals surface area contributed by atoms with Gasteiger partial charge in [0.05, 0.1) is 6.42 Å². The number of nitrogens with one attached hydrogen (secondary N) is 1. The highest BCUT2D eigenvalue weighted by atomic mass is 32.1. The molecule has 0 radical (unpaired) electrons. The summed E-state index contributed by atoms with van der Waals surface area (Å²) >= 11 is 1.62. The molecule has 2 heterocycles. The summed E-state index contributed by atoms with van der Waals surface area (Å²) < 4.78 is 11.2. The van der Waals surface area contributed by atoms with Gasteiger partial charge >= 0.3 is 0 Å². The van der Waals surface area contributed by atoms with Gasteiger partial charge in [-0.2, -0.15) is 0 Å². The number of hydrogen-bond donors (Lipinski definition) is 1. The number of thiophene rings is 1. The van der Waals surface area contributed by atoms with Crippen LogP contribution < -0.4 is 14.8 Å². The third-order valence-electron chi connectivity index (χ3n) is 4.55. The molecule has 1 amide bonds. The number of rotatable bonds is 5. The zero-order valence-electron chi connectivity index (χ0n) is 12.8. The standard InChI is InChI=1S/C18H19NO3S/c20-17(11-14-2-1-9-23-14)19-12-18(5-6-18)13-3-4-15-16(10-13)22-8-7-21-15/h1-4,9-10H,5-8,11-12H2,(H,19,20). The minimum absolute atomic E-state index is 0.0704. The molecule has 1 N–H and O–H groups in total. The molecule has 1 aromatic carbocycles. The minimum atomic E-state index is 0.0704. The zero-order chi connectivity index (χ0) is 15.7. The van der Waals surface area contributed by atoms with Crippen LogP contribution in [0.2, 0.25) is 0 Å². The molecule has 4 nitrogen and oxygen atoms in total. The van der Waals surface area contributed by atoms with E-state index >= 15 is 0 Å². The summed E-state index contributed by atoms with van der Waals surface area (Å²) in [5, 5.41) is 5.10. The largest absolute Gasteiger partial charge is 0.486 e. The molecule has 0 atom stereocenters. The molecule has 120 valence electrons. The van der Waals surface area contributed by atoms with E-state index in [9.17, 15) is 4.79 Å². The summed E-state index contributed by atoms with van der Waals surface area (Å²) in [4.78, 5) is 13.2. The summed E-state index contributed by atoms with van der Waals surface area (Å²) in [5.41, 5.74) is 1.30. The average molecular weight is 329 g/mol. The second-order valence-electron chi connectivity index (χ2n) is 6.17. The van der Waals surface area contributed by atoms with Crippen LogP contribution in [0.1, 0.15) is 23.3 Å². The number of fused-ring (bicyclic) bond motifs is 1. The van der Waals surface area contributed by atoms with E-state index in [1.807, 2.05) is 23.6 Å². The highest BCUT2D eigenvalue weighted by Gasteiger charge is 2.44. The van der Waals surface area contributed by atoms with E-state index in [1.54, 1.807) is 11.3 Å². The second kappa shape index (κ2) is 5.89. The lowest BCUT2D eigenvalue weighted by Gasteiger charge is -2.22. The van der Waals surface area contributed by atoms with Crippen molar-refractivity contribution < 1.29 is 14.3 Å². The fourth-order valence-corrected chi connectivity index (χ4v) is 3.70. The third-order valence-corrected chi connectivity index (χ3v) is 5.42. The van der Waals surface area contributed by atoms with Crippen molar-refractivity contribution in [2.24, 2.45) is 0 Å². The van der Waals surface area contributed by atoms with Gasteiger partial charge in [-0.3, -0.25) is 4.79 Å². The number of carbonyl (C=O) groups is 1.